The van der Waals surface area contributed by atoms with Crippen molar-refractivity contribution in [1.82, 2.24) is 14.5 Å². The number of sulfonamides is 1. The Labute approximate surface area is 329 Å². The lowest BCUT2D eigenvalue weighted by Gasteiger charge is -2.41. The molecular formula is C43H50ClN3O7S. The number of amides is 2. The van der Waals surface area contributed by atoms with E-state index < -0.39 is 27.8 Å². The van der Waals surface area contributed by atoms with E-state index in [9.17, 15) is 18.0 Å². The van der Waals surface area contributed by atoms with Crippen LogP contribution in [0.3, 0.4) is 0 Å². The second-order valence-electron chi connectivity index (χ2n) is 15.9. The Kier molecular flexibility index (Phi) is 11.6. The molecule has 2 amide bonds. The SMILES string of the molecule is CC(C)(C)OC(=O)NC1CCN(C(=O)[C@@H]2C[C@@H](Oc3ccc(-c4ccc(Cl)cc4)cc3)CCN2S(=O)(=O)c2ccc3cc(OC4CCCC4)ccc3c2)CC1. The lowest BCUT2D eigenvalue weighted by molar-refractivity contribution is -0.138. The molecule has 3 aliphatic rings. The topological polar surface area (TPSA) is 114 Å². The number of hydrogen-bond donors (Lipinski definition) is 1. The summed E-state index contributed by atoms with van der Waals surface area (Å²) in [7, 11) is -4.08. The summed E-state index contributed by atoms with van der Waals surface area (Å²) in [6.45, 7) is 6.31. The number of likely N-dealkylation sites (tertiary alicyclic amines) is 1. The van der Waals surface area contributed by atoms with Gasteiger partial charge in [-0.25, -0.2) is 13.2 Å². The summed E-state index contributed by atoms with van der Waals surface area (Å²) in [5.74, 6) is 1.16. The van der Waals surface area contributed by atoms with Crippen LogP contribution in [0.1, 0.15) is 72.1 Å². The minimum Gasteiger partial charge on any atom is -0.490 e. The Morgan fingerprint density at radius 1 is 0.727 bits per heavy atom. The van der Waals surface area contributed by atoms with Crippen molar-refractivity contribution in [3.63, 3.8) is 0 Å². The van der Waals surface area contributed by atoms with Gasteiger partial charge in [-0.1, -0.05) is 48.0 Å². The first-order chi connectivity index (χ1) is 26.3. The van der Waals surface area contributed by atoms with E-state index >= 15 is 0 Å². The summed E-state index contributed by atoms with van der Waals surface area (Å²) in [6, 6.07) is 25.1. The molecule has 7 rings (SSSR count). The quantitative estimate of drug-likeness (QED) is 0.181. The number of halogens is 1. The van der Waals surface area contributed by atoms with Gasteiger partial charge in [-0.15, -0.1) is 0 Å². The van der Waals surface area contributed by atoms with Crippen LogP contribution in [0.5, 0.6) is 11.5 Å². The van der Waals surface area contributed by atoms with Gasteiger partial charge in [0.1, 0.15) is 29.2 Å². The van der Waals surface area contributed by atoms with Crippen molar-refractivity contribution >= 4 is 44.4 Å². The van der Waals surface area contributed by atoms with Gasteiger partial charge < -0.3 is 24.4 Å². The maximum Gasteiger partial charge on any atom is 0.407 e. The largest absolute Gasteiger partial charge is 0.490 e. The van der Waals surface area contributed by atoms with Crippen LogP contribution in [-0.2, 0) is 19.6 Å². The van der Waals surface area contributed by atoms with Crippen LogP contribution in [-0.4, -0.2) is 79.2 Å². The highest BCUT2D eigenvalue weighted by Crippen LogP contribution is 2.33. The summed E-state index contributed by atoms with van der Waals surface area (Å²) in [4.78, 5) is 28.7. The molecule has 2 aliphatic heterocycles. The predicted octanol–water partition coefficient (Wildman–Crippen LogP) is 8.60. The molecule has 292 valence electrons. The third-order valence-electron chi connectivity index (χ3n) is 10.6. The first-order valence-corrected chi connectivity index (χ1v) is 21.2. The number of benzene rings is 4. The van der Waals surface area contributed by atoms with Crippen molar-refractivity contribution in [3.05, 3.63) is 90.0 Å². The lowest BCUT2D eigenvalue weighted by Crippen LogP contribution is -2.58. The fourth-order valence-corrected chi connectivity index (χ4v) is 9.56. The number of fused-ring (bicyclic) bond motifs is 1. The molecule has 0 spiro atoms. The van der Waals surface area contributed by atoms with E-state index in [1.807, 2.05) is 93.6 Å². The molecule has 0 bridgehead atoms. The highest BCUT2D eigenvalue weighted by molar-refractivity contribution is 7.89. The van der Waals surface area contributed by atoms with E-state index in [-0.39, 0.29) is 42.0 Å². The maximum atomic E-state index is 14.5. The van der Waals surface area contributed by atoms with Crippen LogP contribution in [0.25, 0.3) is 21.9 Å². The van der Waals surface area contributed by atoms with Gasteiger partial charge in [0.2, 0.25) is 15.9 Å². The average Bonchev–Trinajstić information content (AvgIpc) is 3.67. The van der Waals surface area contributed by atoms with Crippen molar-refractivity contribution in [2.24, 2.45) is 0 Å². The molecule has 10 nitrogen and oxygen atoms in total. The molecule has 1 saturated carbocycles. The van der Waals surface area contributed by atoms with Crippen molar-refractivity contribution < 1.29 is 32.2 Å². The van der Waals surface area contributed by atoms with Crippen LogP contribution in [0, 0.1) is 0 Å². The zero-order chi connectivity index (χ0) is 38.7. The summed E-state index contributed by atoms with van der Waals surface area (Å²) in [5, 5.41) is 5.25. The monoisotopic (exact) mass is 787 g/mol. The molecule has 12 heteroatoms. The van der Waals surface area contributed by atoms with E-state index in [0.29, 0.717) is 43.1 Å². The van der Waals surface area contributed by atoms with Gasteiger partial charge in [0.25, 0.3) is 0 Å². The first-order valence-electron chi connectivity index (χ1n) is 19.3. The number of alkyl carbamates (subject to hydrolysis) is 1. The smallest absolute Gasteiger partial charge is 0.407 e. The Balaban J connectivity index is 1.08. The van der Waals surface area contributed by atoms with Gasteiger partial charge >= 0.3 is 6.09 Å². The number of hydrogen-bond acceptors (Lipinski definition) is 7. The molecule has 1 aliphatic carbocycles. The second-order valence-corrected chi connectivity index (χ2v) is 18.2. The van der Waals surface area contributed by atoms with E-state index in [0.717, 1.165) is 40.5 Å². The molecule has 2 atom stereocenters. The number of nitrogens with one attached hydrogen (secondary N) is 1. The molecule has 0 aromatic heterocycles. The van der Waals surface area contributed by atoms with Crippen LogP contribution in [0.4, 0.5) is 4.79 Å². The average molecular weight is 788 g/mol. The fraction of sp³-hybridized carbons (Fsp3) is 0.442. The number of rotatable bonds is 9. The summed E-state index contributed by atoms with van der Waals surface area (Å²) in [6.07, 6.45) is 5.47. The normalized spacial score (nSPS) is 20.3. The number of piperidine rings is 2. The summed E-state index contributed by atoms with van der Waals surface area (Å²) < 4.78 is 48.4. The minimum atomic E-state index is -4.08. The summed E-state index contributed by atoms with van der Waals surface area (Å²) in [5.41, 5.74) is 1.41. The van der Waals surface area contributed by atoms with Crippen LogP contribution < -0.4 is 14.8 Å². The van der Waals surface area contributed by atoms with Crippen molar-refractivity contribution in [2.45, 2.75) is 107 Å². The molecule has 3 fully saturated rings. The molecule has 0 unspecified atom stereocenters. The third-order valence-corrected chi connectivity index (χ3v) is 12.8. The van der Waals surface area contributed by atoms with Crippen LogP contribution >= 0.6 is 11.6 Å². The lowest BCUT2D eigenvalue weighted by atomic mass is 9.98. The van der Waals surface area contributed by atoms with E-state index in [1.165, 1.54) is 17.1 Å². The molecular weight excluding hydrogens is 738 g/mol. The molecule has 4 aromatic rings. The molecule has 1 N–H and O–H groups in total. The summed E-state index contributed by atoms with van der Waals surface area (Å²) >= 11 is 6.07. The standard InChI is InChI=1S/C43H50ClN3O7S/c1-43(2,3)54-42(49)45-34-20-23-46(24-21-34)41(48)40-28-38(53-36-16-10-30(11-17-36)29-8-14-33(44)15-9-29)22-25-47(40)55(50,51)39-19-13-31-26-37(18-12-32(31)27-39)52-35-6-4-5-7-35/h8-19,26-27,34-35,38,40H,4-7,20-25,28H2,1-3H3,(H,45,49)/t38-,40-/m0/s1. The molecule has 2 heterocycles. The zero-order valence-electron chi connectivity index (χ0n) is 31.7. The Morgan fingerprint density at radius 2 is 1.33 bits per heavy atom. The Morgan fingerprint density at radius 3 is 2.00 bits per heavy atom. The highest BCUT2D eigenvalue weighted by atomic mass is 35.5. The Hall–Kier alpha value is -4.32. The molecule has 2 saturated heterocycles. The zero-order valence-corrected chi connectivity index (χ0v) is 33.3. The number of carbonyl (C=O) groups is 2. The number of ether oxygens (including phenoxy) is 3. The van der Waals surface area contributed by atoms with Gasteiger partial charge in [-0.2, -0.15) is 4.31 Å². The van der Waals surface area contributed by atoms with Gasteiger partial charge in [-0.3, -0.25) is 4.79 Å². The second kappa shape index (κ2) is 16.4. The number of nitrogens with zero attached hydrogens (tertiary/aromatic N) is 2. The van der Waals surface area contributed by atoms with E-state index in [1.54, 1.807) is 17.0 Å². The van der Waals surface area contributed by atoms with Crippen LogP contribution in [0.2, 0.25) is 5.02 Å². The molecule has 55 heavy (non-hydrogen) atoms. The Bertz CT molecular complexity index is 2090. The fourth-order valence-electron chi connectivity index (χ4n) is 7.79. The molecule has 0 radical (unpaired) electrons. The van der Waals surface area contributed by atoms with Gasteiger partial charge in [0.15, 0.2) is 0 Å². The van der Waals surface area contributed by atoms with Gasteiger partial charge in [0.05, 0.1) is 11.0 Å². The van der Waals surface area contributed by atoms with Crippen LogP contribution in [0.15, 0.2) is 89.8 Å². The van der Waals surface area contributed by atoms with E-state index in [2.05, 4.69) is 5.32 Å². The third kappa shape index (κ3) is 9.56. The first kappa shape index (κ1) is 38.9. The molecule has 4 aromatic carbocycles. The van der Waals surface area contributed by atoms with Gasteiger partial charge in [-0.05, 0) is 136 Å². The van der Waals surface area contributed by atoms with Crippen molar-refractivity contribution in [2.75, 3.05) is 19.6 Å². The minimum absolute atomic E-state index is 0.120. The highest BCUT2D eigenvalue weighted by Gasteiger charge is 2.44. The predicted molar refractivity (Wildman–Crippen MR) is 214 cm³/mol. The van der Waals surface area contributed by atoms with E-state index in [4.69, 9.17) is 25.8 Å². The van der Waals surface area contributed by atoms with Crippen molar-refractivity contribution in [3.8, 4) is 22.6 Å². The number of carbonyl (C=O) groups excluding carboxylic acids is 2. The van der Waals surface area contributed by atoms with Crippen molar-refractivity contribution in [1.29, 1.82) is 0 Å². The maximum absolute atomic E-state index is 14.5. The van der Waals surface area contributed by atoms with Gasteiger partial charge in [0, 0.05) is 37.1 Å².